The van der Waals surface area contributed by atoms with Crippen LogP contribution in [0.3, 0.4) is 0 Å². The highest BCUT2D eigenvalue weighted by Gasteiger charge is 2.14. The molecule has 1 amide bonds. The van der Waals surface area contributed by atoms with E-state index >= 15 is 0 Å². The van der Waals surface area contributed by atoms with E-state index in [4.69, 9.17) is 5.73 Å². The van der Waals surface area contributed by atoms with Crippen molar-refractivity contribution in [1.29, 1.82) is 0 Å². The van der Waals surface area contributed by atoms with E-state index < -0.39 is 0 Å². The molecule has 8 heteroatoms. The van der Waals surface area contributed by atoms with E-state index in [2.05, 4.69) is 20.4 Å². The van der Waals surface area contributed by atoms with Crippen molar-refractivity contribution in [2.24, 2.45) is 5.73 Å². The molecule has 3 N–H and O–H groups in total. The number of nitrogens with two attached hydrogens (primary N) is 1. The summed E-state index contributed by atoms with van der Waals surface area (Å²) in [5.41, 5.74) is 5.71. The predicted octanol–water partition coefficient (Wildman–Crippen LogP) is 0.999. The molecule has 0 aliphatic carbocycles. The van der Waals surface area contributed by atoms with E-state index in [9.17, 15) is 4.79 Å². The number of nitrogens with one attached hydrogen (secondary N) is 1. The first kappa shape index (κ1) is 18.9. The topological polar surface area (TPSA) is 84.1 Å². The van der Waals surface area contributed by atoms with Gasteiger partial charge in [0.05, 0.1) is 0 Å². The fraction of sp³-hybridized carbons (Fsp3) is 0.583. The van der Waals surface area contributed by atoms with Crippen LogP contribution in [-0.4, -0.2) is 42.3 Å². The van der Waals surface area contributed by atoms with Crippen LogP contribution < -0.4 is 16.0 Å². The summed E-state index contributed by atoms with van der Waals surface area (Å²) >= 11 is 0. The van der Waals surface area contributed by atoms with E-state index in [0.717, 1.165) is 25.3 Å². The number of halogens is 2. The van der Waals surface area contributed by atoms with Gasteiger partial charge in [0, 0.05) is 19.6 Å². The zero-order chi connectivity index (χ0) is 12.8. The van der Waals surface area contributed by atoms with Crippen LogP contribution in [0.15, 0.2) is 12.1 Å². The highest BCUT2D eigenvalue weighted by atomic mass is 35.5. The fourth-order valence-corrected chi connectivity index (χ4v) is 1.96. The minimum atomic E-state index is -0.191. The maximum absolute atomic E-state index is 11.7. The molecule has 0 radical (unpaired) electrons. The van der Waals surface area contributed by atoms with E-state index in [1.807, 2.05) is 6.07 Å². The van der Waals surface area contributed by atoms with Crippen molar-refractivity contribution in [1.82, 2.24) is 15.5 Å². The summed E-state index contributed by atoms with van der Waals surface area (Å²) in [6, 6.07) is 3.58. The number of hydrogen-bond acceptors (Lipinski definition) is 5. The summed E-state index contributed by atoms with van der Waals surface area (Å²) < 4.78 is 0. The highest BCUT2D eigenvalue weighted by Crippen LogP contribution is 2.16. The van der Waals surface area contributed by atoms with Gasteiger partial charge in [0.1, 0.15) is 0 Å². The van der Waals surface area contributed by atoms with Crippen molar-refractivity contribution in [2.75, 3.05) is 31.1 Å². The smallest absolute Gasteiger partial charge is 0.271 e. The molecule has 20 heavy (non-hydrogen) atoms. The minimum absolute atomic E-state index is 0. The molecule has 114 valence electrons. The van der Waals surface area contributed by atoms with Gasteiger partial charge < -0.3 is 16.0 Å². The molecule has 2 rings (SSSR count). The standard InChI is InChI=1S/C12H19N5O.2ClH/c13-6-3-7-14-12(18)10-4-5-11(16-15-10)17-8-1-2-9-17;;/h4-5H,1-3,6-9,13H2,(H,14,18);2*1H. The van der Waals surface area contributed by atoms with Gasteiger partial charge in [0.25, 0.3) is 5.91 Å². The average molecular weight is 322 g/mol. The van der Waals surface area contributed by atoms with Crippen LogP contribution in [-0.2, 0) is 0 Å². The first-order chi connectivity index (χ1) is 8.81. The number of rotatable bonds is 5. The molecule has 0 atom stereocenters. The molecule has 0 unspecified atom stereocenters. The van der Waals surface area contributed by atoms with E-state index in [0.29, 0.717) is 18.8 Å². The van der Waals surface area contributed by atoms with Crippen molar-refractivity contribution in [3.63, 3.8) is 0 Å². The Morgan fingerprint density at radius 3 is 2.50 bits per heavy atom. The van der Waals surface area contributed by atoms with E-state index in [1.165, 1.54) is 12.8 Å². The summed E-state index contributed by atoms with van der Waals surface area (Å²) in [5, 5.41) is 10.8. The predicted molar refractivity (Wildman–Crippen MR) is 84.0 cm³/mol. The third-order valence-electron chi connectivity index (χ3n) is 2.98. The summed E-state index contributed by atoms with van der Waals surface area (Å²) in [4.78, 5) is 13.9. The Hall–Kier alpha value is -1.11. The second-order valence-electron chi connectivity index (χ2n) is 4.37. The summed E-state index contributed by atoms with van der Waals surface area (Å²) in [5.74, 6) is 0.662. The molecule has 1 saturated heterocycles. The monoisotopic (exact) mass is 321 g/mol. The van der Waals surface area contributed by atoms with Crippen molar-refractivity contribution in [2.45, 2.75) is 19.3 Å². The number of aromatic nitrogens is 2. The summed E-state index contributed by atoms with van der Waals surface area (Å²) in [7, 11) is 0. The number of carbonyl (C=O) groups excluding carboxylic acids is 1. The number of amides is 1. The maximum Gasteiger partial charge on any atom is 0.271 e. The molecule has 1 aromatic rings. The lowest BCUT2D eigenvalue weighted by Crippen LogP contribution is -2.27. The van der Waals surface area contributed by atoms with Gasteiger partial charge in [-0.1, -0.05) is 0 Å². The van der Waals surface area contributed by atoms with E-state index in [-0.39, 0.29) is 30.7 Å². The quantitative estimate of drug-likeness (QED) is 0.790. The molecule has 2 heterocycles. The van der Waals surface area contributed by atoms with Crippen LogP contribution in [0.2, 0.25) is 0 Å². The minimum Gasteiger partial charge on any atom is -0.355 e. The van der Waals surface area contributed by atoms with Gasteiger partial charge in [-0.25, -0.2) is 0 Å². The molecule has 1 aliphatic heterocycles. The number of nitrogens with zero attached hydrogens (tertiary/aromatic N) is 3. The third kappa shape index (κ3) is 5.11. The maximum atomic E-state index is 11.7. The second-order valence-corrected chi connectivity index (χ2v) is 4.37. The van der Waals surface area contributed by atoms with Crippen LogP contribution in [0.4, 0.5) is 5.82 Å². The molecule has 0 aromatic carbocycles. The van der Waals surface area contributed by atoms with Gasteiger partial charge in [0.15, 0.2) is 11.5 Å². The van der Waals surface area contributed by atoms with E-state index in [1.54, 1.807) is 6.07 Å². The number of hydrogen-bond donors (Lipinski definition) is 2. The van der Waals surface area contributed by atoms with Crippen molar-refractivity contribution in [3.05, 3.63) is 17.8 Å². The summed E-state index contributed by atoms with van der Waals surface area (Å²) in [6.45, 7) is 3.19. The lowest BCUT2D eigenvalue weighted by molar-refractivity contribution is 0.0947. The van der Waals surface area contributed by atoms with Gasteiger partial charge in [-0.15, -0.1) is 35.0 Å². The lowest BCUT2D eigenvalue weighted by Gasteiger charge is -2.15. The van der Waals surface area contributed by atoms with Crippen molar-refractivity contribution >= 4 is 36.5 Å². The Labute approximate surface area is 131 Å². The Bertz CT molecular complexity index is 395. The van der Waals surface area contributed by atoms with Crippen LogP contribution in [0.5, 0.6) is 0 Å². The molecule has 6 nitrogen and oxygen atoms in total. The zero-order valence-corrected chi connectivity index (χ0v) is 12.9. The Morgan fingerprint density at radius 2 is 1.95 bits per heavy atom. The molecule has 0 bridgehead atoms. The van der Waals surface area contributed by atoms with Crippen LogP contribution >= 0.6 is 24.8 Å². The molecule has 1 fully saturated rings. The van der Waals surface area contributed by atoms with Crippen LogP contribution in [0.1, 0.15) is 29.8 Å². The van der Waals surface area contributed by atoms with Crippen molar-refractivity contribution < 1.29 is 4.79 Å². The Morgan fingerprint density at radius 1 is 1.25 bits per heavy atom. The van der Waals surface area contributed by atoms with Crippen LogP contribution in [0.25, 0.3) is 0 Å². The van der Waals surface area contributed by atoms with Gasteiger partial charge in [-0.2, -0.15) is 0 Å². The normalized spacial score (nSPS) is 13.3. The largest absolute Gasteiger partial charge is 0.355 e. The molecular formula is C12H21Cl2N5O. The van der Waals surface area contributed by atoms with Crippen molar-refractivity contribution in [3.8, 4) is 0 Å². The third-order valence-corrected chi connectivity index (χ3v) is 2.98. The zero-order valence-electron chi connectivity index (χ0n) is 11.2. The lowest BCUT2D eigenvalue weighted by atomic mass is 10.3. The second kappa shape index (κ2) is 9.74. The highest BCUT2D eigenvalue weighted by molar-refractivity contribution is 5.92. The Kier molecular flexibility index (Phi) is 9.20. The fourth-order valence-electron chi connectivity index (χ4n) is 1.96. The van der Waals surface area contributed by atoms with Gasteiger partial charge in [-0.3, -0.25) is 4.79 Å². The number of anilines is 1. The molecular weight excluding hydrogens is 301 g/mol. The molecule has 1 aliphatic rings. The first-order valence-corrected chi connectivity index (χ1v) is 6.38. The summed E-state index contributed by atoms with van der Waals surface area (Å²) in [6.07, 6.45) is 3.16. The van der Waals surface area contributed by atoms with Gasteiger partial charge in [0.2, 0.25) is 0 Å². The Balaban J connectivity index is 0.00000180. The first-order valence-electron chi connectivity index (χ1n) is 6.38. The average Bonchev–Trinajstić information content (AvgIpc) is 2.93. The van der Waals surface area contributed by atoms with Crippen LogP contribution in [0, 0.1) is 0 Å². The molecule has 0 spiro atoms. The SMILES string of the molecule is Cl.Cl.NCCCNC(=O)c1ccc(N2CCCC2)nn1. The van der Waals surface area contributed by atoms with Gasteiger partial charge in [-0.05, 0) is 37.9 Å². The molecule has 0 saturated carbocycles. The number of carbonyl (C=O) groups is 1. The molecule has 1 aromatic heterocycles. The van der Waals surface area contributed by atoms with Gasteiger partial charge >= 0.3 is 0 Å².